The van der Waals surface area contributed by atoms with E-state index in [0.29, 0.717) is 6.04 Å². The van der Waals surface area contributed by atoms with E-state index in [9.17, 15) is 0 Å². The summed E-state index contributed by atoms with van der Waals surface area (Å²) in [7, 11) is 2.04. The molecule has 0 radical (unpaired) electrons. The van der Waals surface area contributed by atoms with E-state index in [2.05, 4.69) is 44.7 Å². The Hall–Kier alpha value is -1.78. The highest BCUT2D eigenvalue weighted by atomic mass is 15.2. The lowest BCUT2D eigenvalue weighted by molar-refractivity contribution is 0.299. The molecular weight excluding hydrogens is 260 g/mol. The number of nitrogens with zero attached hydrogens (tertiary/aromatic N) is 3. The van der Waals surface area contributed by atoms with Gasteiger partial charge in [0.2, 0.25) is 0 Å². The van der Waals surface area contributed by atoms with Gasteiger partial charge < -0.3 is 10.2 Å². The molecule has 21 heavy (non-hydrogen) atoms. The first-order valence-corrected chi connectivity index (χ1v) is 7.63. The largest absolute Gasteiger partial charge is 0.312 e. The Kier molecular flexibility index (Phi) is 4.58. The van der Waals surface area contributed by atoms with Crippen LogP contribution in [0.25, 0.3) is 11.1 Å². The van der Waals surface area contributed by atoms with Crippen molar-refractivity contribution in [2.24, 2.45) is 0 Å². The van der Waals surface area contributed by atoms with Gasteiger partial charge in [-0.05, 0) is 50.2 Å². The van der Waals surface area contributed by atoms with Crippen molar-refractivity contribution in [2.45, 2.75) is 18.9 Å². The first-order valence-electron chi connectivity index (χ1n) is 7.63. The van der Waals surface area contributed by atoms with E-state index in [1.165, 1.54) is 37.1 Å². The molecule has 1 fully saturated rings. The summed E-state index contributed by atoms with van der Waals surface area (Å²) in [5.74, 6) is 0. The molecule has 3 rings (SSSR count). The zero-order chi connectivity index (χ0) is 14.5. The van der Waals surface area contributed by atoms with E-state index in [-0.39, 0.29) is 0 Å². The summed E-state index contributed by atoms with van der Waals surface area (Å²) in [6, 6.07) is 11.1. The molecule has 1 unspecified atom stereocenters. The summed E-state index contributed by atoms with van der Waals surface area (Å²) in [6.45, 7) is 3.56. The number of rotatable bonds is 5. The van der Waals surface area contributed by atoms with E-state index >= 15 is 0 Å². The lowest BCUT2D eigenvalue weighted by atomic mass is 10.0. The van der Waals surface area contributed by atoms with Gasteiger partial charge in [-0.1, -0.05) is 24.3 Å². The van der Waals surface area contributed by atoms with Gasteiger partial charge in [0.1, 0.15) is 0 Å². The van der Waals surface area contributed by atoms with E-state index in [1.54, 1.807) is 12.4 Å². The normalized spacial score (nSPS) is 17.0. The number of benzene rings is 1. The summed E-state index contributed by atoms with van der Waals surface area (Å²) >= 11 is 0. The third kappa shape index (κ3) is 3.46. The van der Waals surface area contributed by atoms with Crippen molar-refractivity contribution in [2.75, 3.05) is 26.7 Å². The van der Waals surface area contributed by atoms with Crippen LogP contribution in [0.1, 0.15) is 24.4 Å². The lowest BCUT2D eigenvalue weighted by Gasteiger charge is -2.23. The van der Waals surface area contributed by atoms with Gasteiger partial charge in [0.25, 0.3) is 0 Å². The second-order valence-electron chi connectivity index (χ2n) is 5.60. The highest BCUT2D eigenvalue weighted by Gasteiger charge is 2.17. The molecular formula is C17H22N4. The molecule has 1 N–H and O–H groups in total. The predicted molar refractivity (Wildman–Crippen MR) is 84.9 cm³/mol. The van der Waals surface area contributed by atoms with Crippen LogP contribution in [0.3, 0.4) is 0 Å². The van der Waals surface area contributed by atoms with Gasteiger partial charge in [-0.3, -0.25) is 0 Å². The quantitative estimate of drug-likeness (QED) is 0.915. The van der Waals surface area contributed by atoms with Gasteiger partial charge in [0, 0.05) is 18.2 Å². The number of aromatic nitrogens is 2. The number of likely N-dealkylation sites (N-methyl/N-ethyl adjacent to an activating group) is 1. The molecule has 1 aromatic carbocycles. The third-order valence-electron chi connectivity index (χ3n) is 4.22. The summed E-state index contributed by atoms with van der Waals surface area (Å²) in [5, 5.41) is 11.2. The molecule has 1 aliphatic heterocycles. The van der Waals surface area contributed by atoms with Gasteiger partial charge in [-0.2, -0.15) is 10.2 Å². The van der Waals surface area contributed by atoms with Crippen LogP contribution in [0.15, 0.2) is 42.7 Å². The monoisotopic (exact) mass is 282 g/mol. The zero-order valence-corrected chi connectivity index (χ0v) is 12.5. The molecule has 1 saturated heterocycles. The minimum Gasteiger partial charge on any atom is -0.312 e. The van der Waals surface area contributed by atoms with Crippen molar-refractivity contribution in [3.05, 3.63) is 48.3 Å². The molecule has 1 atom stereocenters. The highest BCUT2D eigenvalue weighted by molar-refractivity contribution is 5.62. The minimum atomic E-state index is 0.396. The molecule has 1 aromatic heterocycles. The SMILES string of the molecule is CNC(CN1CCCC1)c1ccc(-c2ccnnc2)cc1. The number of likely N-dealkylation sites (tertiary alicyclic amines) is 1. The van der Waals surface area contributed by atoms with Crippen molar-refractivity contribution >= 4 is 0 Å². The fraction of sp³-hybridized carbons (Fsp3) is 0.412. The molecule has 2 heterocycles. The fourth-order valence-corrected chi connectivity index (χ4v) is 2.96. The zero-order valence-electron chi connectivity index (χ0n) is 12.5. The second kappa shape index (κ2) is 6.78. The van der Waals surface area contributed by atoms with E-state index in [1.807, 2.05) is 13.1 Å². The van der Waals surface area contributed by atoms with E-state index in [0.717, 1.165) is 12.1 Å². The van der Waals surface area contributed by atoms with Crippen LogP contribution < -0.4 is 5.32 Å². The number of nitrogens with one attached hydrogen (secondary N) is 1. The third-order valence-corrected chi connectivity index (χ3v) is 4.22. The van der Waals surface area contributed by atoms with Gasteiger partial charge in [-0.15, -0.1) is 0 Å². The Balaban J connectivity index is 1.72. The van der Waals surface area contributed by atoms with Crippen molar-refractivity contribution in [3.8, 4) is 11.1 Å². The van der Waals surface area contributed by atoms with Crippen molar-refractivity contribution in [1.82, 2.24) is 20.4 Å². The summed E-state index contributed by atoms with van der Waals surface area (Å²) < 4.78 is 0. The van der Waals surface area contributed by atoms with E-state index < -0.39 is 0 Å². The van der Waals surface area contributed by atoms with Crippen molar-refractivity contribution in [3.63, 3.8) is 0 Å². The van der Waals surface area contributed by atoms with Crippen LogP contribution in [0.4, 0.5) is 0 Å². The maximum atomic E-state index is 3.93. The van der Waals surface area contributed by atoms with Crippen LogP contribution in [-0.2, 0) is 0 Å². The second-order valence-corrected chi connectivity index (χ2v) is 5.60. The molecule has 1 aliphatic rings. The van der Waals surface area contributed by atoms with Crippen LogP contribution in [0.2, 0.25) is 0 Å². The summed E-state index contributed by atoms with van der Waals surface area (Å²) in [4.78, 5) is 2.54. The molecule has 0 aliphatic carbocycles. The van der Waals surface area contributed by atoms with Crippen molar-refractivity contribution in [1.29, 1.82) is 0 Å². The number of hydrogen-bond acceptors (Lipinski definition) is 4. The Labute approximate surface area is 126 Å². The van der Waals surface area contributed by atoms with Crippen LogP contribution in [-0.4, -0.2) is 41.8 Å². The van der Waals surface area contributed by atoms with Gasteiger partial charge in [-0.25, -0.2) is 0 Å². The Morgan fingerprint density at radius 2 is 1.81 bits per heavy atom. The van der Waals surface area contributed by atoms with E-state index in [4.69, 9.17) is 0 Å². The Bertz CT molecular complexity index is 547. The van der Waals surface area contributed by atoms with Crippen LogP contribution in [0.5, 0.6) is 0 Å². The summed E-state index contributed by atoms with van der Waals surface area (Å²) in [5.41, 5.74) is 3.64. The highest BCUT2D eigenvalue weighted by Crippen LogP contribution is 2.22. The van der Waals surface area contributed by atoms with Gasteiger partial charge in [0.15, 0.2) is 0 Å². The average molecular weight is 282 g/mol. The summed E-state index contributed by atoms with van der Waals surface area (Å²) in [6.07, 6.45) is 6.21. The molecule has 0 amide bonds. The lowest BCUT2D eigenvalue weighted by Crippen LogP contribution is -2.31. The van der Waals surface area contributed by atoms with Gasteiger partial charge >= 0.3 is 0 Å². The maximum Gasteiger partial charge on any atom is 0.0574 e. The van der Waals surface area contributed by atoms with Gasteiger partial charge in [0.05, 0.1) is 12.4 Å². The van der Waals surface area contributed by atoms with Crippen LogP contribution >= 0.6 is 0 Å². The smallest absolute Gasteiger partial charge is 0.0574 e. The first-order chi connectivity index (χ1) is 10.4. The van der Waals surface area contributed by atoms with Crippen LogP contribution in [0, 0.1) is 0 Å². The molecule has 110 valence electrons. The molecule has 0 saturated carbocycles. The first kappa shape index (κ1) is 14.2. The molecule has 0 bridgehead atoms. The van der Waals surface area contributed by atoms with Crippen molar-refractivity contribution < 1.29 is 0 Å². The fourth-order valence-electron chi connectivity index (χ4n) is 2.96. The number of hydrogen-bond donors (Lipinski definition) is 1. The standard InChI is InChI=1S/C17H22N4/c1-18-17(13-21-10-2-3-11-21)15-6-4-14(5-7-15)16-8-9-19-20-12-16/h4-9,12,17-18H,2-3,10-11,13H2,1H3. The molecule has 0 spiro atoms. The maximum absolute atomic E-state index is 3.93. The molecule has 4 nitrogen and oxygen atoms in total. The predicted octanol–water partition coefficient (Wildman–Crippen LogP) is 2.50. The minimum absolute atomic E-state index is 0.396. The Morgan fingerprint density at radius 1 is 1.05 bits per heavy atom. The topological polar surface area (TPSA) is 41.0 Å². The molecule has 4 heteroatoms. The molecule has 2 aromatic rings. The Morgan fingerprint density at radius 3 is 2.43 bits per heavy atom. The average Bonchev–Trinajstić information content (AvgIpc) is 3.07.